The van der Waals surface area contributed by atoms with Crippen LogP contribution in [0, 0.1) is 10.8 Å². The molecule has 2 rings (SSSR count). The molecule has 2 aliphatic rings. The normalized spacial score (nSPS) is 24.0. The maximum absolute atomic E-state index is 13.3. The molecule has 6 heteroatoms. The van der Waals surface area contributed by atoms with E-state index in [1.54, 1.807) is 13.0 Å². The molecule has 6 nitrogen and oxygen atoms in total. The highest BCUT2D eigenvalue weighted by molar-refractivity contribution is 5.94. The lowest BCUT2D eigenvalue weighted by Crippen LogP contribution is -2.46. The minimum absolute atomic E-state index is 0.0414. The Bertz CT molecular complexity index is 1620. The Kier molecular flexibility index (Phi) is 23.1. The Balaban J connectivity index is 1.80. The van der Waals surface area contributed by atoms with Crippen LogP contribution in [0.25, 0.3) is 0 Å². The van der Waals surface area contributed by atoms with Crippen LogP contribution in [0.4, 0.5) is 0 Å². The predicted molar refractivity (Wildman–Crippen MR) is 253 cm³/mol. The van der Waals surface area contributed by atoms with Crippen molar-refractivity contribution in [1.29, 1.82) is 0 Å². The van der Waals surface area contributed by atoms with Crippen LogP contribution in [0.5, 0.6) is 0 Å². The van der Waals surface area contributed by atoms with Crippen LogP contribution in [-0.4, -0.2) is 51.5 Å². The maximum atomic E-state index is 13.3. The van der Waals surface area contributed by atoms with Crippen molar-refractivity contribution in [3.63, 3.8) is 0 Å². The summed E-state index contributed by atoms with van der Waals surface area (Å²) in [7, 11) is 0. The average Bonchev–Trinajstić information content (AvgIpc) is 3.78. The fourth-order valence-corrected chi connectivity index (χ4v) is 8.50. The molecule has 2 fully saturated rings. The SMILES string of the molecule is CCCCCCCCCCCCCC(=O)O[C@H](CC(C)O)CC(C)(C)C(=O)/C=C/C(C)=C/C=C/C(C)=C/C=C/C=C(C)/C=C/C=C(C)\C=C\[C@@]12O[C@]1(C)C[C@@H](O)CC2(C)C. The summed E-state index contributed by atoms with van der Waals surface area (Å²) in [6, 6.07) is 0. The average molecular weight is 829 g/mol. The number of aliphatic hydroxyl groups excluding tert-OH is 2. The van der Waals surface area contributed by atoms with Gasteiger partial charge >= 0.3 is 5.97 Å². The second kappa shape index (κ2) is 26.2. The van der Waals surface area contributed by atoms with Gasteiger partial charge in [-0.1, -0.05) is 194 Å². The largest absolute Gasteiger partial charge is 0.462 e. The number of carbonyl (C=O) groups is 2. The van der Waals surface area contributed by atoms with Crippen LogP contribution in [0.2, 0.25) is 0 Å². The van der Waals surface area contributed by atoms with E-state index in [0.717, 1.165) is 48.0 Å². The maximum Gasteiger partial charge on any atom is 0.306 e. The molecule has 60 heavy (non-hydrogen) atoms. The zero-order valence-electron chi connectivity index (χ0n) is 39.7. The van der Waals surface area contributed by atoms with Crippen molar-refractivity contribution in [3.8, 4) is 0 Å². The number of carbonyl (C=O) groups excluding carboxylic acids is 2. The Labute approximate surface area is 366 Å². The summed E-state index contributed by atoms with van der Waals surface area (Å²) in [5, 5.41) is 20.4. The Morgan fingerprint density at radius 3 is 1.72 bits per heavy atom. The van der Waals surface area contributed by atoms with Crippen LogP contribution in [0.15, 0.2) is 107 Å². The van der Waals surface area contributed by atoms with E-state index in [-0.39, 0.29) is 34.5 Å². The van der Waals surface area contributed by atoms with E-state index in [4.69, 9.17) is 9.47 Å². The first-order valence-corrected chi connectivity index (χ1v) is 23.1. The van der Waals surface area contributed by atoms with Crippen LogP contribution in [0.1, 0.15) is 179 Å². The van der Waals surface area contributed by atoms with Crippen molar-refractivity contribution in [2.75, 3.05) is 0 Å². The molecule has 0 aromatic carbocycles. The van der Waals surface area contributed by atoms with Gasteiger partial charge in [-0.25, -0.2) is 0 Å². The molecule has 0 aromatic rings. The first kappa shape index (κ1) is 52.8. The summed E-state index contributed by atoms with van der Waals surface area (Å²) in [5.41, 5.74) is 2.84. The standard InChI is InChI=1S/C54H84O6/c1-12-13-14-15-16-17-18-19-20-21-22-33-50(58)59-48(38-46(6)55)41-51(7,8)49(57)35-34-44(4)31-25-29-42(2)27-23-24-28-43(3)30-26-32-45(5)36-37-54-52(9,10)39-47(56)40-53(54,11)60-54/h23-32,34-37,46-48,55-56H,12-22,33,38-41H2,1-11H3/b24-23+,29-25+,30-26+,35-34+,37-36+,42-27+,43-28+,44-31+,45-32-/t46?,47-,48+,53+,54-/m0/s1. The van der Waals surface area contributed by atoms with Crippen molar-refractivity contribution in [2.24, 2.45) is 10.8 Å². The van der Waals surface area contributed by atoms with Gasteiger partial charge in [-0.3, -0.25) is 9.59 Å². The quantitative estimate of drug-likeness (QED) is 0.0268. The number of unbranched alkanes of at least 4 members (excludes halogenated alkanes) is 10. The molecule has 336 valence electrons. The summed E-state index contributed by atoms with van der Waals surface area (Å²) in [5.74, 6) is -0.285. The van der Waals surface area contributed by atoms with E-state index in [9.17, 15) is 19.8 Å². The van der Waals surface area contributed by atoms with Gasteiger partial charge in [0.05, 0.1) is 12.2 Å². The van der Waals surface area contributed by atoms with Gasteiger partial charge in [-0.05, 0) is 73.0 Å². The van der Waals surface area contributed by atoms with E-state index in [2.05, 4.69) is 84.1 Å². The molecule has 0 amide bonds. The van der Waals surface area contributed by atoms with E-state index in [0.29, 0.717) is 25.7 Å². The van der Waals surface area contributed by atoms with Gasteiger partial charge in [0.1, 0.15) is 17.3 Å². The fourth-order valence-electron chi connectivity index (χ4n) is 8.50. The summed E-state index contributed by atoms with van der Waals surface area (Å²) in [6.45, 7) is 22.3. The third-order valence-corrected chi connectivity index (χ3v) is 12.1. The first-order chi connectivity index (χ1) is 28.3. The predicted octanol–water partition coefficient (Wildman–Crippen LogP) is 13.6. The number of ketones is 1. The lowest BCUT2D eigenvalue weighted by atomic mass is 9.63. The summed E-state index contributed by atoms with van der Waals surface area (Å²) in [4.78, 5) is 26.0. The van der Waals surface area contributed by atoms with Crippen molar-refractivity contribution in [2.45, 2.75) is 208 Å². The lowest BCUT2D eigenvalue weighted by molar-refractivity contribution is -0.153. The number of esters is 1. The highest BCUT2D eigenvalue weighted by Crippen LogP contribution is 2.66. The van der Waals surface area contributed by atoms with Crippen LogP contribution in [-0.2, 0) is 19.1 Å². The molecule has 1 aliphatic carbocycles. The third kappa shape index (κ3) is 19.2. The van der Waals surface area contributed by atoms with Crippen molar-refractivity contribution in [3.05, 3.63) is 107 Å². The molecule has 1 saturated heterocycles. The van der Waals surface area contributed by atoms with Gasteiger partial charge in [0.15, 0.2) is 5.78 Å². The molecule has 5 atom stereocenters. The van der Waals surface area contributed by atoms with E-state index < -0.39 is 17.6 Å². The molecule has 0 aromatic heterocycles. The monoisotopic (exact) mass is 829 g/mol. The third-order valence-electron chi connectivity index (χ3n) is 12.1. The van der Waals surface area contributed by atoms with Crippen LogP contribution < -0.4 is 0 Å². The number of epoxide rings is 1. The molecular formula is C54H84O6. The zero-order chi connectivity index (χ0) is 44.8. The molecule has 1 unspecified atom stereocenters. The molecule has 0 radical (unpaired) electrons. The number of rotatable bonds is 28. The van der Waals surface area contributed by atoms with Crippen molar-refractivity contribution < 1.29 is 29.3 Å². The van der Waals surface area contributed by atoms with Crippen molar-refractivity contribution >= 4 is 11.8 Å². The molecule has 2 N–H and O–H groups in total. The minimum atomic E-state index is -0.753. The van der Waals surface area contributed by atoms with E-state index in [1.165, 1.54) is 51.4 Å². The second-order valence-corrected chi connectivity index (χ2v) is 19.4. The highest BCUT2D eigenvalue weighted by Gasteiger charge is 2.74. The van der Waals surface area contributed by atoms with Crippen LogP contribution >= 0.6 is 0 Å². The summed E-state index contributed by atoms with van der Waals surface area (Å²) < 4.78 is 12.1. The fraction of sp³-hybridized carbons (Fsp3) is 0.630. The van der Waals surface area contributed by atoms with Gasteiger partial charge in [0, 0.05) is 30.1 Å². The van der Waals surface area contributed by atoms with Gasteiger partial charge in [-0.2, -0.15) is 0 Å². The van der Waals surface area contributed by atoms with Crippen molar-refractivity contribution in [1.82, 2.24) is 0 Å². The molecule has 0 bridgehead atoms. The van der Waals surface area contributed by atoms with E-state index in [1.807, 2.05) is 64.2 Å². The first-order valence-electron chi connectivity index (χ1n) is 23.1. The Morgan fingerprint density at radius 2 is 1.20 bits per heavy atom. The molecule has 1 saturated carbocycles. The smallest absolute Gasteiger partial charge is 0.306 e. The molecule has 1 aliphatic heterocycles. The van der Waals surface area contributed by atoms with Gasteiger partial charge < -0.3 is 19.7 Å². The minimum Gasteiger partial charge on any atom is -0.462 e. The Hall–Kier alpha value is -3.32. The van der Waals surface area contributed by atoms with Gasteiger partial charge in [0.2, 0.25) is 0 Å². The highest BCUT2D eigenvalue weighted by atomic mass is 16.6. The zero-order valence-corrected chi connectivity index (χ0v) is 39.7. The topological polar surface area (TPSA) is 96.4 Å². The number of hydrogen-bond acceptors (Lipinski definition) is 6. The number of ether oxygens (including phenoxy) is 2. The molecular weight excluding hydrogens is 745 g/mol. The van der Waals surface area contributed by atoms with Gasteiger partial charge in [0.25, 0.3) is 0 Å². The van der Waals surface area contributed by atoms with Crippen LogP contribution in [0.3, 0.4) is 0 Å². The number of hydrogen-bond donors (Lipinski definition) is 2. The van der Waals surface area contributed by atoms with E-state index >= 15 is 0 Å². The number of allylic oxidation sites excluding steroid dienone is 17. The lowest BCUT2D eigenvalue weighted by Gasteiger charge is -2.39. The number of fused-ring (bicyclic) bond motifs is 1. The second-order valence-electron chi connectivity index (χ2n) is 19.4. The molecule has 1 heterocycles. The Morgan fingerprint density at radius 1 is 0.717 bits per heavy atom. The molecule has 0 spiro atoms. The summed E-state index contributed by atoms with van der Waals surface area (Å²) in [6.07, 6.45) is 42.6. The van der Waals surface area contributed by atoms with Gasteiger partial charge in [-0.15, -0.1) is 0 Å². The number of aliphatic hydroxyl groups is 2. The summed E-state index contributed by atoms with van der Waals surface area (Å²) >= 11 is 0.